The van der Waals surface area contributed by atoms with Gasteiger partial charge in [-0.15, -0.1) is 11.3 Å². The van der Waals surface area contributed by atoms with Crippen LogP contribution in [0, 0.1) is 6.92 Å². The van der Waals surface area contributed by atoms with Gasteiger partial charge in [-0.2, -0.15) is 0 Å². The monoisotopic (exact) mass is 297 g/mol. The summed E-state index contributed by atoms with van der Waals surface area (Å²) in [6.45, 7) is 6.14. The number of piperidine rings is 1. The van der Waals surface area contributed by atoms with E-state index in [2.05, 4.69) is 15.2 Å². The smallest absolute Gasteiger partial charge is 0.263 e. The third kappa shape index (κ3) is 4.26. The maximum Gasteiger partial charge on any atom is 0.263 e. The zero-order valence-corrected chi connectivity index (χ0v) is 13.1. The minimum absolute atomic E-state index is 0.0399. The van der Waals surface area contributed by atoms with E-state index in [4.69, 9.17) is 4.74 Å². The number of nitrogens with zero attached hydrogens (tertiary/aromatic N) is 2. The van der Waals surface area contributed by atoms with Crippen molar-refractivity contribution in [3.05, 3.63) is 15.6 Å². The summed E-state index contributed by atoms with van der Waals surface area (Å²) in [7, 11) is 1.63. The molecular formula is C14H23N3O2S. The van der Waals surface area contributed by atoms with E-state index in [9.17, 15) is 4.79 Å². The first-order valence-corrected chi connectivity index (χ1v) is 7.98. The lowest BCUT2D eigenvalue weighted by Gasteiger charge is -2.25. The summed E-state index contributed by atoms with van der Waals surface area (Å²) in [6.07, 6.45) is 3.88. The highest BCUT2D eigenvalue weighted by Crippen LogP contribution is 2.21. The Morgan fingerprint density at radius 1 is 1.40 bits per heavy atom. The summed E-state index contributed by atoms with van der Waals surface area (Å²) < 4.78 is 4.93. The van der Waals surface area contributed by atoms with Crippen molar-refractivity contribution in [1.82, 2.24) is 15.2 Å². The fourth-order valence-corrected chi connectivity index (χ4v) is 3.41. The Balaban J connectivity index is 1.92. The second-order valence-corrected chi connectivity index (χ2v) is 6.19. The number of thiazole rings is 1. The van der Waals surface area contributed by atoms with Gasteiger partial charge in [-0.1, -0.05) is 6.42 Å². The molecule has 2 rings (SSSR count). The topological polar surface area (TPSA) is 54.5 Å². The number of hydrogen-bond acceptors (Lipinski definition) is 5. The third-order valence-electron chi connectivity index (χ3n) is 3.45. The molecule has 0 saturated carbocycles. The SMILES string of the molecule is COCCNC(=O)c1sc(CN2CCCCC2)nc1C. The molecule has 1 aromatic rings. The normalized spacial score (nSPS) is 16.3. The lowest BCUT2D eigenvalue weighted by atomic mass is 10.1. The quantitative estimate of drug-likeness (QED) is 0.814. The van der Waals surface area contributed by atoms with Crippen LogP contribution in [0.5, 0.6) is 0 Å². The molecule has 1 aliphatic heterocycles. The first kappa shape index (κ1) is 15.4. The average molecular weight is 297 g/mol. The van der Waals surface area contributed by atoms with Crippen LogP contribution in [-0.2, 0) is 11.3 Å². The number of likely N-dealkylation sites (tertiary alicyclic amines) is 1. The molecule has 20 heavy (non-hydrogen) atoms. The van der Waals surface area contributed by atoms with Crippen molar-refractivity contribution in [2.45, 2.75) is 32.7 Å². The van der Waals surface area contributed by atoms with Crippen LogP contribution in [0.25, 0.3) is 0 Å². The van der Waals surface area contributed by atoms with Crippen molar-refractivity contribution < 1.29 is 9.53 Å². The van der Waals surface area contributed by atoms with E-state index in [0.29, 0.717) is 13.2 Å². The summed E-state index contributed by atoms with van der Waals surface area (Å²) in [4.78, 5) is 19.7. The predicted molar refractivity (Wildman–Crippen MR) is 80.2 cm³/mol. The van der Waals surface area contributed by atoms with E-state index in [1.54, 1.807) is 7.11 Å². The molecule has 5 nitrogen and oxygen atoms in total. The van der Waals surface area contributed by atoms with Gasteiger partial charge < -0.3 is 10.1 Å². The van der Waals surface area contributed by atoms with Gasteiger partial charge in [0, 0.05) is 13.7 Å². The maximum absolute atomic E-state index is 12.0. The first-order chi connectivity index (χ1) is 9.70. The van der Waals surface area contributed by atoms with E-state index < -0.39 is 0 Å². The third-order valence-corrected chi connectivity index (χ3v) is 4.59. The molecule has 1 N–H and O–H groups in total. The van der Waals surface area contributed by atoms with E-state index in [1.807, 2.05) is 6.92 Å². The second-order valence-electron chi connectivity index (χ2n) is 5.11. The van der Waals surface area contributed by atoms with Crippen molar-refractivity contribution in [1.29, 1.82) is 0 Å². The van der Waals surface area contributed by atoms with Gasteiger partial charge in [0.15, 0.2) is 0 Å². The number of carbonyl (C=O) groups excluding carboxylic acids is 1. The summed E-state index contributed by atoms with van der Waals surface area (Å²) in [5.41, 5.74) is 0.830. The van der Waals surface area contributed by atoms with Gasteiger partial charge in [0.1, 0.15) is 9.88 Å². The number of hydrogen-bond donors (Lipinski definition) is 1. The number of ether oxygens (including phenoxy) is 1. The van der Waals surface area contributed by atoms with Crippen molar-refractivity contribution in [2.75, 3.05) is 33.4 Å². The summed E-state index contributed by atoms with van der Waals surface area (Å²) in [5.74, 6) is -0.0399. The molecule has 0 aromatic carbocycles. The van der Waals surface area contributed by atoms with Crippen LogP contribution in [-0.4, -0.2) is 49.1 Å². The molecule has 112 valence electrons. The Bertz CT molecular complexity index is 442. The molecule has 1 aromatic heterocycles. The molecule has 2 heterocycles. The molecule has 1 aliphatic rings. The standard InChI is InChI=1S/C14H23N3O2S/c1-11-13(14(18)15-6-9-19-2)20-12(16-11)10-17-7-4-3-5-8-17/h3-10H2,1-2H3,(H,15,18). The Kier molecular flexibility index (Phi) is 5.94. The highest BCUT2D eigenvalue weighted by molar-refractivity contribution is 7.13. The zero-order valence-electron chi connectivity index (χ0n) is 12.3. The Labute approximate surface area is 124 Å². The average Bonchev–Trinajstić information content (AvgIpc) is 2.81. The molecule has 0 spiro atoms. The van der Waals surface area contributed by atoms with Crippen LogP contribution in [0.3, 0.4) is 0 Å². The number of amides is 1. The molecule has 0 unspecified atom stereocenters. The van der Waals surface area contributed by atoms with Crippen LogP contribution >= 0.6 is 11.3 Å². The number of aromatic nitrogens is 1. The van der Waals surface area contributed by atoms with Gasteiger partial charge in [0.05, 0.1) is 18.8 Å². The van der Waals surface area contributed by atoms with Crippen molar-refractivity contribution in [3.63, 3.8) is 0 Å². The van der Waals surface area contributed by atoms with E-state index in [0.717, 1.165) is 35.2 Å². The van der Waals surface area contributed by atoms with Crippen molar-refractivity contribution in [2.24, 2.45) is 0 Å². The maximum atomic E-state index is 12.0. The lowest BCUT2D eigenvalue weighted by Crippen LogP contribution is -2.29. The lowest BCUT2D eigenvalue weighted by molar-refractivity contribution is 0.0940. The minimum Gasteiger partial charge on any atom is -0.383 e. The Hall–Kier alpha value is -0.980. The van der Waals surface area contributed by atoms with E-state index in [1.165, 1.54) is 30.6 Å². The van der Waals surface area contributed by atoms with Crippen LogP contribution in [0.15, 0.2) is 0 Å². The van der Waals surface area contributed by atoms with Crippen molar-refractivity contribution in [3.8, 4) is 0 Å². The van der Waals surface area contributed by atoms with E-state index >= 15 is 0 Å². The Morgan fingerprint density at radius 3 is 2.85 bits per heavy atom. The first-order valence-electron chi connectivity index (χ1n) is 7.16. The molecule has 0 bridgehead atoms. The number of carbonyl (C=O) groups is 1. The number of methoxy groups -OCH3 is 1. The van der Waals surface area contributed by atoms with Crippen molar-refractivity contribution >= 4 is 17.2 Å². The highest BCUT2D eigenvalue weighted by atomic mass is 32.1. The van der Waals surface area contributed by atoms with Crippen LogP contribution in [0.2, 0.25) is 0 Å². The predicted octanol–water partition coefficient (Wildman–Crippen LogP) is 1.81. The van der Waals surface area contributed by atoms with Gasteiger partial charge in [0.2, 0.25) is 0 Å². The number of nitrogens with one attached hydrogen (secondary N) is 1. The number of rotatable bonds is 6. The largest absolute Gasteiger partial charge is 0.383 e. The fourth-order valence-electron chi connectivity index (χ4n) is 2.39. The second kappa shape index (κ2) is 7.71. The van der Waals surface area contributed by atoms with E-state index in [-0.39, 0.29) is 5.91 Å². The molecule has 6 heteroatoms. The molecule has 1 fully saturated rings. The van der Waals surface area contributed by atoms with Crippen LogP contribution < -0.4 is 5.32 Å². The molecule has 0 atom stereocenters. The molecule has 1 saturated heterocycles. The summed E-state index contributed by atoms with van der Waals surface area (Å²) in [5, 5.41) is 3.89. The van der Waals surface area contributed by atoms with Crippen LogP contribution in [0.1, 0.15) is 39.6 Å². The van der Waals surface area contributed by atoms with Gasteiger partial charge in [-0.25, -0.2) is 4.98 Å². The highest BCUT2D eigenvalue weighted by Gasteiger charge is 2.17. The van der Waals surface area contributed by atoms with Crippen LogP contribution in [0.4, 0.5) is 0 Å². The Morgan fingerprint density at radius 2 is 2.15 bits per heavy atom. The van der Waals surface area contributed by atoms with Gasteiger partial charge in [0.25, 0.3) is 5.91 Å². The van der Waals surface area contributed by atoms with Gasteiger partial charge in [-0.05, 0) is 32.9 Å². The van der Waals surface area contributed by atoms with Gasteiger partial charge in [-0.3, -0.25) is 9.69 Å². The molecule has 1 amide bonds. The minimum atomic E-state index is -0.0399. The van der Waals surface area contributed by atoms with Gasteiger partial charge >= 0.3 is 0 Å². The number of aryl methyl sites for hydroxylation is 1. The summed E-state index contributed by atoms with van der Waals surface area (Å²) >= 11 is 1.51. The molecule has 0 aliphatic carbocycles. The summed E-state index contributed by atoms with van der Waals surface area (Å²) in [6, 6.07) is 0. The molecular weight excluding hydrogens is 274 g/mol. The molecule has 0 radical (unpaired) electrons. The fraction of sp³-hybridized carbons (Fsp3) is 0.714. The zero-order chi connectivity index (χ0) is 14.4.